The van der Waals surface area contributed by atoms with Gasteiger partial charge in [-0.25, -0.2) is 20.0 Å². The van der Waals surface area contributed by atoms with Crippen LogP contribution in [0.2, 0.25) is 15.1 Å². The van der Waals surface area contributed by atoms with E-state index in [1.54, 1.807) is 0 Å². The van der Waals surface area contributed by atoms with Crippen LogP contribution in [0.25, 0.3) is 67.8 Å². The quantitative estimate of drug-likeness (QED) is 0.148. The van der Waals surface area contributed by atoms with Gasteiger partial charge in [-0.1, -0.05) is 259 Å². The zero-order valence-electron chi connectivity index (χ0n) is 38.6. The second kappa shape index (κ2) is 20.5. The normalized spacial score (nSPS) is 12.7. The Balaban J connectivity index is 0.000000195. The van der Waals surface area contributed by atoms with Gasteiger partial charge in [-0.05, 0) is 30.3 Å². The van der Waals surface area contributed by atoms with Crippen LogP contribution in [0.15, 0.2) is 265 Å². The molecule has 0 spiro atoms. The minimum Gasteiger partial charge on any atom is -0.337 e. The van der Waals surface area contributed by atoms with Gasteiger partial charge in [-0.3, -0.25) is 4.57 Å². The lowest BCUT2D eigenvalue weighted by molar-refractivity contribution is 0.409. The maximum Gasteiger partial charge on any atom is 0.263 e. The third-order valence-corrected chi connectivity index (χ3v) is 13.4. The van der Waals surface area contributed by atoms with Crippen molar-refractivity contribution >= 4 is 46.2 Å². The first-order valence-corrected chi connectivity index (χ1v) is 24.6. The zero-order chi connectivity index (χ0) is 48.9. The van der Waals surface area contributed by atoms with E-state index >= 15 is 0 Å². The van der Waals surface area contributed by atoms with E-state index < -0.39 is 5.79 Å². The number of rotatable bonds is 10. The number of benzene rings is 9. The predicted molar refractivity (Wildman–Crippen MR) is 298 cm³/mol. The van der Waals surface area contributed by atoms with Crippen LogP contribution in [0.5, 0.6) is 0 Å². The highest BCUT2D eigenvalue weighted by Gasteiger charge is 2.46. The molecule has 0 saturated heterocycles. The smallest absolute Gasteiger partial charge is 0.263 e. The van der Waals surface area contributed by atoms with Crippen molar-refractivity contribution in [3.8, 4) is 67.8 Å². The summed E-state index contributed by atoms with van der Waals surface area (Å²) in [5.41, 5.74) is 13.4. The summed E-state index contributed by atoms with van der Waals surface area (Å²) in [6.45, 7) is 0. The van der Waals surface area contributed by atoms with E-state index in [1.807, 2.05) is 182 Å². The first kappa shape index (κ1) is 46.0. The summed E-state index contributed by atoms with van der Waals surface area (Å²) in [5.74, 6) is -0.0141. The van der Waals surface area contributed by atoms with Crippen molar-refractivity contribution in [3.63, 3.8) is 0 Å². The number of nitrogens with one attached hydrogen (secondary N) is 1. The third-order valence-electron chi connectivity index (χ3n) is 12.4. The van der Waals surface area contributed by atoms with Crippen molar-refractivity contribution in [2.24, 2.45) is 9.98 Å². The molecular weight excluding hydrogens is 947 g/mol. The van der Waals surface area contributed by atoms with Gasteiger partial charge in [0.15, 0.2) is 0 Å². The van der Waals surface area contributed by atoms with Gasteiger partial charge in [0.05, 0.1) is 49.3 Å². The average molecular weight is 990 g/mol. The molecule has 0 radical (unpaired) electrons. The Morgan fingerprint density at radius 1 is 0.347 bits per heavy atom. The van der Waals surface area contributed by atoms with Gasteiger partial charge in [0.25, 0.3) is 5.79 Å². The van der Waals surface area contributed by atoms with Crippen LogP contribution in [0.3, 0.4) is 0 Å². The first-order valence-electron chi connectivity index (χ1n) is 23.5. The van der Waals surface area contributed by atoms with Crippen molar-refractivity contribution in [3.05, 3.63) is 287 Å². The Kier molecular flexibility index (Phi) is 13.1. The number of hydrogen-bond acceptors (Lipinski definition) is 4. The summed E-state index contributed by atoms with van der Waals surface area (Å²) in [6.07, 6.45) is 0. The van der Waals surface area contributed by atoms with E-state index in [9.17, 15) is 0 Å². The summed E-state index contributed by atoms with van der Waals surface area (Å²) in [6, 6.07) is 84.5. The Bertz CT molecular complexity index is 3590. The van der Waals surface area contributed by atoms with Crippen molar-refractivity contribution in [1.29, 1.82) is 0 Å². The highest BCUT2D eigenvalue weighted by Crippen LogP contribution is 2.48. The number of nitrogens with zero attached hydrogens (tertiary/aromatic N) is 5. The minimum atomic E-state index is -1.41. The number of aliphatic imine (C=N–C) groups is 2. The molecule has 0 amide bonds. The number of H-pyrrole nitrogens is 1. The van der Waals surface area contributed by atoms with Crippen LogP contribution < -0.4 is 0 Å². The molecule has 0 bridgehead atoms. The fourth-order valence-corrected chi connectivity index (χ4v) is 9.80. The summed E-state index contributed by atoms with van der Waals surface area (Å²) in [5, 5.41) is 1.78. The second-order valence-electron chi connectivity index (χ2n) is 17.0. The van der Waals surface area contributed by atoms with Crippen molar-refractivity contribution in [2.75, 3.05) is 0 Å². The van der Waals surface area contributed by atoms with Gasteiger partial charge in [0, 0.05) is 50.1 Å². The van der Waals surface area contributed by atoms with Crippen molar-refractivity contribution in [2.45, 2.75) is 5.79 Å². The van der Waals surface area contributed by atoms with Gasteiger partial charge >= 0.3 is 0 Å². The maximum atomic E-state index is 7.18. The number of aromatic amines is 1. The molecule has 1 N–H and O–H groups in total. The monoisotopic (exact) mass is 988 g/mol. The number of aromatic nitrogens is 4. The average Bonchev–Trinajstić information content (AvgIpc) is 4.19. The second-order valence-corrected chi connectivity index (χ2v) is 18.2. The molecule has 1 aliphatic heterocycles. The maximum absolute atomic E-state index is 7.18. The van der Waals surface area contributed by atoms with Crippen LogP contribution in [0.4, 0.5) is 0 Å². The van der Waals surface area contributed by atoms with E-state index in [1.165, 1.54) is 0 Å². The molecule has 0 atom stereocenters. The highest BCUT2D eigenvalue weighted by molar-refractivity contribution is 6.54. The molecule has 12 rings (SSSR count). The lowest BCUT2D eigenvalue weighted by atomic mass is 10.0. The van der Waals surface area contributed by atoms with Crippen LogP contribution in [-0.4, -0.2) is 30.9 Å². The Morgan fingerprint density at radius 2 is 0.736 bits per heavy atom. The van der Waals surface area contributed by atoms with Crippen molar-refractivity contribution in [1.82, 2.24) is 19.5 Å². The molecule has 0 unspecified atom stereocenters. The van der Waals surface area contributed by atoms with Crippen LogP contribution in [-0.2, 0) is 5.79 Å². The fourth-order valence-electron chi connectivity index (χ4n) is 9.09. The molecule has 0 saturated carbocycles. The lowest BCUT2D eigenvalue weighted by Gasteiger charge is -2.30. The van der Waals surface area contributed by atoms with E-state index in [4.69, 9.17) is 54.8 Å². The molecule has 72 heavy (non-hydrogen) atoms. The molecule has 6 nitrogen and oxygen atoms in total. The Morgan fingerprint density at radius 3 is 1.22 bits per heavy atom. The zero-order valence-corrected chi connectivity index (χ0v) is 40.9. The molecule has 9 heteroatoms. The molecule has 9 aromatic carbocycles. The first-order chi connectivity index (χ1) is 35.5. The van der Waals surface area contributed by atoms with Crippen LogP contribution in [0, 0.1) is 0 Å². The fraction of sp³-hybridized carbons (Fsp3) is 0.0159. The van der Waals surface area contributed by atoms with Crippen LogP contribution in [0.1, 0.15) is 16.7 Å². The van der Waals surface area contributed by atoms with Gasteiger partial charge in [0.1, 0.15) is 11.6 Å². The largest absolute Gasteiger partial charge is 0.337 e. The summed E-state index contributed by atoms with van der Waals surface area (Å²) in [7, 11) is 0. The summed E-state index contributed by atoms with van der Waals surface area (Å²) in [4.78, 5) is 25.1. The minimum absolute atomic E-state index is 0.533. The molecule has 1 aliphatic rings. The predicted octanol–water partition coefficient (Wildman–Crippen LogP) is 16.9. The van der Waals surface area contributed by atoms with Gasteiger partial charge in [0.2, 0.25) is 0 Å². The summed E-state index contributed by atoms with van der Waals surface area (Å²) >= 11 is 20.5. The standard InChI is InChI=1S/C42H28Cl2N4.C21H15ClN2/c43-35-27-15-13-25-33(35)41-45-39(31-21-9-3-10-22-31)40(32-23-11-4-12-24-32)48(41)42(34-26-14-16-28-36(34)44)46-37(29-17-5-1-6-18-29)38(47-42)30-19-7-2-8-20-30;22-18-14-8-7-13-17(18)21-23-19(15-9-3-1-4-10-15)20(24-21)16-11-5-2-6-12-16/h1-28H;1-14H,(H,23,24). The molecule has 346 valence electrons. The number of imidazole rings is 2. The SMILES string of the molecule is Clc1ccccc1-c1nc(-c2ccccc2)c(-c2ccccc2)[nH]1.Clc1ccccc1-c1nc(-c2ccccc2)c(-c2ccccc2)n1C1(c2ccccc2Cl)N=C(c2ccccc2)C(c2ccccc2)=N1. The molecule has 3 heterocycles. The lowest BCUT2D eigenvalue weighted by Crippen LogP contribution is -2.31. The molecule has 0 aliphatic carbocycles. The molecule has 11 aromatic rings. The van der Waals surface area contributed by atoms with Crippen molar-refractivity contribution < 1.29 is 0 Å². The van der Waals surface area contributed by atoms with Gasteiger partial charge < -0.3 is 4.98 Å². The van der Waals surface area contributed by atoms with E-state index in [-0.39, 0.29) is 0 Å². The molecule has 0 fully saturated rings. The van der Waals surface area contributed by atoms with Crippen LogP contribution >= 0.6 is 34.8 Å². The Labute approximate surface area is 433 Å². The van der Waals surface area contributed by atoms with Gasteiger partial charge in [-0.2, -0.15) is 0 Å². The third kappa shape index (κ3) is 9.00. The van der Waals surface area contributed by atoms with E-state index in [0.717, 1.165) is 84.5 Å². The topological polar surface area (TPSA) is 71.2 Å². The molecule has 2 aromatic heterocycles. The highest BCUT2D eigenvalue weighted by atomic mass is 35.5. The van der Waals surface area contributed by atoms with E-state index in [0.29, 0.717) is 26.5 Å². The summed E-state index contributed by atoms with van der Waals surface area (Å²) < 4.78 is 2.13. The van der Waals surface area contributed by atoms with Gasteiger partial charge in [-0.15, -0.1) is 0 Å². The van der Waals surface area contributed by atoms with E-state index in [2.05, 4.69) is 82.3 Å². The Hall–Kier alpha value is -8.39. The number of halogens is 3. The molecular formula is C63H43Cl3N6. The number of hydrogen-bond donors (Lipinski definition) is 1.